The Labute approximate surface area is 189 Å². The number of carbonyl (C=O) groups is 1. The van der Waals surface area contributed by atoms with Gasteiger partial charge in [0.1, 0.15) is 5.82 Å². The van der Waals surface area contributed by atoms with Crippen molar-refractivity contribution in [3.63, 3.8) is 0 Å². The number of nitrogens with one attached hydrogen (secondary N) is 3. The number of amides is 1. The summed E-state index contributed by atoms with van der Waals surface area (Å²) in [5.41, 5.74) is 0.0998. The van der Waals surface area contributed by atoms with Crippen LogP contribution in [0.2, 0.25) is 0 Å². The van der Waals surface area contributed by atoms with Crippen molar-refractivity contribution in [1.82, 2.24) is 20.1 Å². The Morgan fingerprint density at radius 3 is 2.48 bits per heavy atom. The lowest BCUT2D eigenvalue weighted by Gasteiger charge is -2.18. The Hall–Kier alpha value is -3.45. The molecule has 2 aromatic heterocycles. The van der Waals surface area contributed by atoms with Crippen LogP contribution in [0.25, 0.3) is 0 Å². The van der Waals surface area contributed by atoms with Crippen LogP contribution < -0.4 is 16.0 Å². The molecule has 2 heterocycles. The van der Waals surface area contributed by atoms with Crippen molar-refractivity contribution in [3.05, 3.63) is 59.0 Å². The molecular formula is C20H20F3N6O3S-. The second-order valence-electron chi connectivity index (χ2n) is 7.07. The van der Waals surface area contributed by atoms with E-state index in [2.05, 4.69) is 26.0 Å². The molecule has 1 amide bonds. The van der Waals surface area contributed by atoms with E-state index in [0.29, 0.717) is 23.1 Å². The summed E-state index contributed by atoms with van der Waals surface area (Å²) in [5.74, 6) is -0.808. The summed E-state index contributed by atoms with van der Waals surface area (Å²) in [6, 6.07) is 5.23. The molecule has 0 aliphatic carbocycles. The fourth-order valence-electron chi connectivity index (χ4n) is 3.11. The van der Waals surface area contributed by atoms with Crippen LogP contribution in [0.1, 0.15) is 27.2 Å². The summed E-state index contributed by atoms with van der Waals surface area (Å²) in [6.07, 6.45) is -2.41. The van der Waals surface area contributed by atoms with Crippen molar-refractivity contribution >= 4 is 39.9 Å². The van der Waals surface area contributed by atoms with Gasteiger partial charge in [-0.15, -0.1) is 0 Å². The van der Waals surface area contributed by atoms with E-state index < -0.39 is 28.7 Å². The van der Waals surface area contributed by atoms with Crippen molar-refractivity contribution in [2.24, 2.45) is 7.05 Å². The highest BCUT2D eigenvalue weighted by molar-refractivity contribution is 7.78. The van der Waals surface area contributed by atoms with Crippen LogP contribution in [0.4, 0.5) is 36.1 Å². The first-order valence-electron chi connectivity index (χ1n) is 9.50. The van der Waals surface area contributed by atoms with Crippen LogP contribution in [0.15, 0.2) is 36.7 Å². The number of halogens is 3. The molecule has 1 aromatic carbocycles. The lowest BCUT2D eigenvalue weighted by atomic mass is 10.1. The van der Waals surface area contributed by atoms with Gasteiger partial charge in [0.2, 0.25) is 0 Å². The SMILES string of the molecule is CNC(=O)c1ccc(CS(=O)[O-])cc1Nc1cc(Nc2cn(C)nc2C)ncc1C(F)(F)F. The number of nitrogens with zero attached hydrogens (tertiary/aromatic N) is 3. The van der Waals surface area contributed by atoms with Crippen molar-refractivity contribution in [2.45, 2.75) is 18.9 Å². The molecule has 0 saturated heterocycles. The van der Waals surface area contributed by atoms with Crippen molar-refractivity contribution < 1.29 is 26.7 Å². The largest absolute Gasteiger partial charge is 0.772 e. The van der Waals surface area contributed by atoms with Crippen molar-refractivity contribution in [1.29, 1.82) is 0 Å². The lowest BCUT2D eigenvalue weighted by Crippen LogP contribution is -2.20. The summed E-state index contributed by atoms with van der Waals surface area (Å²) in [6.45, 7) is 1.73. The van der Waals surface area contributed by atoms with Gasteiger partial charge in [-0.3, -0.25) is 13.7 Å². The highest BCUT2D eigenvalue weighted by atomic mass is 32.2. The van der Waals surface area contributed by atoms with E-state index >= 15 is 0 Å². The second-order valence-corrected chi connectivity index (χ2v) is 7.97. The first-order valence-corrected chi connectivity index (χ1v) is 10.7. The number of hydrogen-bond donors (Lipinski definition) is 3. The van der Waals surface area contributed by atoms with Gasteiger partial charge in [0.25, 0.3) is 5.91 Å². The summed E-state index contributed by atoms with van der Waals surface area (Å²) in [7, 11) is 3.08. The number of hydrogen-bond acceptors (Lipinski definition) is 7. The molecule has 3 aromatic rings. The lowest BCUT2D eigenvalue weighted by molar-refractivity contribution is -0.137. The zero-order chi connectivity index (χ0) is 24.3. The Kier molecular flexibility index (Phi) is 7.03. The molecule has 0 radical (unpaired) electrons. The van der Waals surface area contributed by atoms with Crippen LogP contribution in [-0.4, -0.2) is 36.5 Å². The number of aromatic nitrogens is 3. The minimum atomic E-state index is -4.74. The van der Waals surface area contributed by atoms with Crippen LogP contribution in [-0.2, 0) is 30.1 Å². The first kappa shape index (κ1) is 24.2. The predicted molar refractivity (Wildman–Crippen MR) is 116 cm³/mol. The molecule has 9 nitrogen and oxygen atoms in total. The van der Waals surface area contributed by atoms with Gasteiger partial charge < -0.3 is 20.5 Å². The topological polar surface area (TPSA) is 124 Å². The van der Waals surface area contributed by atoms with Gasteiger partial charge in [0, 0.05) is 38.3 Å². The van der Waals surface area contributed by atoms with Gasteiger partial charge in [-0.2, -0.15) is 18.3 Å². The normalized spacial score (nSPS) is 12.3. The van der Waals surface area contributed by atoms with Crippen molar-refractivity contribution in [3.8, 4) is 0 Å². The molecule has 3 N–H and O–H groups in total. The second kappa shape index (κ2) is 9.58. The van der Waals surface area contributed by atoms with Gasteiger partial charge in [-0.1, -0.05) is 17.1 Å². The molecule has 0 saturated carbocycles. The third-order valence-electron chi connectivity index (χ3n) is 4.60. The molecule has 33 heavy (non-hydrogen) atoms. The molecule has 0 bridgehead atoms. The summed E-state index contributed by atoms with van der Waals surface area (Å²) in [5, 5.41) is 12.1. The Morgan fingerprint density at radius 1 is 1.18 bits per heavy atom. The molecule has 0 aliphatic rings. The highest BCUT2D eigenvalue weighted by Gasteiger charge is 2.34. The van der Waals surface area contributed by atoms with E-state index in [0.717, 1.165) is 6.07 Å². The van der Waals surface area contributed by atoms with E-state index in [1.165, 1.54) is 25.2 Å². The molecule has 0 aliphatic heterocycles. The molecule has 13 heteroatoms. The average Bonchev–Trinajstić information content (AvgIpc) is 3.03. The van der Waals surface area contributed by atoms with Gasteiger partial charge in [-0.05, 0) is 24.6 Å². The van der Waals surface area contributed by atoms with Crippen LogP contribution in [0, 0.1) is 6.92 Å². The maximum absolute atomic E-state index is 13.7. The Balaban J connectivity index is 2.07. The van der Waals surface area contributed by atoms with Gasteiger partial charge in [0.05, 0.1) is 33.9 Å². The molecule has 1 atom stereocenters. The highest BCUT2D eigenvalue weighted by Crippen LogP contribution is 2.38. The average molecular weight is 481 g/mol. The maximum atomic E-state index is 13.7. The standard InChI is InChI=1S/C20H21F3N6O3S/c1-11-17(9-29(3)28-11)27-18-7-16(14(8-25-18)20(21,22)23)26-15-6-12(10-33(31)32)4-5-13(15)19(30)24-2/h4-9H,10H2,1-3H3,(H,24,30)(H,31,32)(H2,25,26,27)/p-1. The zero-order valence-electron chi connectivity index (χ0n) is 17.8. The van der Waals surface area contributed by atoms with E-state index in [4.69, 9.17) is 0 Å². The van der Waals surface area contributed by atoms with Gasteiger partial charge >= 0.3 is 6.18 Å². The molecule has 0 spiro atoms. The number of alkyl halides is 3. The summed E-state index contributed by atoms with van der Waals surface area (Å²) < 4.78 is 64.7. The molecule has 1 unspecified atom stereocenters. The van der Waals surface area contributed by atoms with E-state index in [1.807, 2.05) is 0 Å². The van der Waals surface area contributed by atoms with E-state index in [-0.39, 0.29) is 28.5 Å². The van der Waals surface area contributed by atoms with E-state index in [9.17, 15) is 26.7 Å². The van der Waals surface area contributed by atoms with Crippen LogP contribution in [0.3, 0.4) is 0 Å². The Bertz CT molecular complexity index is 1210. The Morgan fingerprint density at radius 2 is 1.91 bits per heavy atom. The van der Waals surface area contributed by atoms with Gasteiger partial charge in [0.15, 0.2) is 0 Å². The minimum Gasteiger partial charge on any atom is -0.772 e. The third kappa shape index (κ3) is 5.87. The number of benzene rings is 1. The number of carbonyl (C=O) groups excluding carboxylic acids is 1. The molecule has 176 valence electrons. The van der Waals surface area contributed by atoms with Crippen LogP contribution >= 0.6 is 0 Å². The number of anilines is 4. The smallest absolute Gasteiger partial charge is 0.419 e. The van der Waals surface area contributed by atoms with Crippen LogP contribution in [0.5, 0.6) is 0 Å². The minimum absolute atomic E-state index is 0.0116. The van der Waals surface area contributed by atoms with Crippen molar-refractivity contribution in [2.75, 3.05) is 17.7 Å². The third-order valence-corrected chi connectivity index (χ3v) is 5.16. The number of aryl methyl sites for hydroxylation is 2. The molecule has 3 rings (SSSR count). The monoisotopic (exact) mass is 481 g/mol. The fourth-order valence-corrected chi connectivity index (χ4v) is 3.56. The summed E-state index contributed by atoms with van der Waals surface area (Å²) in [4.78, 5) is 16.1. The first-order chi connectivity index (χ1) is 15.5. The summed E-state index contributed by atoms with van der Waals surface area (Å²) >= 11 is -2.42. The fraction of sp³-hybridized carbons (Fsp3) is 0.250. The quantitative estimate of drug-likeness (QED) is 0.442. The zero-order valence-corrected chi connectivity index (χ0v) is 18.6. The maximum Gasteiger partial charge on any atom is 0.419 e. The number of pyridine rings is 1. The van der Waals surface area contributed by atoms with Gasteiger partial charge in [-0.25, -0.2) is 4.98 Å². The molecular weight excluding hydrogens is 461 g/mol. The molecule has 0 fully saturated rings. The number of rotatable bonds is 7. The van der Waals surface area contributed by atoms with E-state index in [1.54, 1.807) is 24.9 Å². The predicted octanol–water partition coefficient (Wildman–Crippen LogP) is 3.37.